The third-order valence-electron chi connectivity index (χ3n) is 3.30. The monoisotopic (exact) mass is 349 g/mol. The summed E-state index contributed by atoms with van der Waals surface area (Å²) in [5.74, 6) is 0.0852. The Balaban J connectivity index is 2.14. The van der Waals surface area contributed by atoms with Crippen molar-refractivity contribution in [3.63, 3.8) is 0 Å². The van der Waals surface area contributed by atoms with Gasteiger partial charge in [0.2, 0.25) is 0 Å². The van der Waals surface area contributed by atoms with Crippen LogP contribution in [0.15, 0.2) is 34.9 Å². The van der Waals surface area contributed by atoms with E-state index in [4.69, 9.17) is 0 Å². The average Bonchev–Trinajstić information content (AvgIpc) is 2.80. The second-order valence-corrected chi connectivity index (χ2v) is 6.31. The normalized spacial score (nSPS) is 11.1. The molecule has 0 saturated heterocycles. The van der Waals surface area contributed by atoms with Crippen molar-refractivity contribution >= 4 is 21.7 Å². The lowest BCUT2D eigenvalue weighted by Crippen LogP contribution is -2.22. The highest BCUT2D eigenvalue weighted by Gasteiger charge is 2.17. The zero-order valence-electron chi connectivity index (χ0n) is 12.6. The van der Waals surface area contributed by atoms with Gasteiger partial charge in [0.15, 0.2) is 5.78 Å². The maximum atomic E-state index is 12.5. The van der Waals surface area contributed by atoms with Crippen LogP contribution >= 0.6 is 15.9 Å². The van der Waals surface area contributed by atoms with Gasteiger partial charge in [0.1, 0.15) is 5.69 Å². The first-order valence-electron chi connectivity index (χ1n) is 6.92. The number of benzene rings is 1. The molecule has 1 aromatic heterocycles. The summed E-state index contributed by atoms with van der Waals surface area (Å²) in [5, 5.41) is 4.29. The van der Waals surface area contributed by atoms with Gasteiger partial charge in [-0.15, -0.1) is 0 Å². The van der Waals surface area contributed by atoms with Gasteiger partial charge < -0.3 is 4.90 Å². The molecule has 2 rings (SSSR count). The highest BCUT2D eigenvalue weighted by atomic mass is 79.9. The molecule has 2 aromatic rings. The van der Waals surface area contributed by atoms with Crippen molar-refractivity contribution in [2.24, 2.45) is 0 Å². The topological polar surface area (TPSA) is 38.1 Å². The Morgan fingerprint density at radius 1 is 1.29 bits per heavy atom. The number of halogens is 1. The van der Waals surface area contributed by atoms with Crippen LogP contribution in [0, 0.1) is 6.92 Å². The first kappa shape index (κ1) is 15.9. The summed E-state index contributed by atoms with van der Waals surface area (Å²) >= 11 is 3.43. The second kappa shape index (κ2) is 7.00. The smallest absolute Gasteiger partial charge is 0.186 e. The maximum Gasteiger partial charge on any atom is 0.186 e. The average molecular weight is 350 g/mol. The number of aromatic nitrogens is 2. The highest BCUT2D eigenvalue weighted by molar-refractivity contribution is 9.10. The molecule has 0 bridgehead atoms. The van der Waals surface area contributed by atoms with Gasteiger partial charge in [-0.3, -0.25) is 9.48 Å². The maximum absolute atomic E-state index is 12.5. The van der Waals surface area contributed by atoms with Crippen LogP contribution in [0.2, 0.25) is 0 Å². The van der Waals surface area contributed by atoms with E-state index in [0.29, 0.717) is 18.7 Å². The minimum absolute atomic E-state index is 0.0852. The van der Waals surface area contributed by atoms with Gasteiger partial charge in [-0.25, -0.2) is 0 Å². The zero-order valence-corrected chi connectivity index (χ0v) is 14.2. The van der Waals surface area contributed by atoms with Gasteiger partial charge in [-0.05, 0) is 42.5 Å². The molecule has 0 aliphatic rings. The lowest BCUT2D eigenvalue weighted by atomic mass is 10.1. The number of nitrogens with zero attached hydrogens (tertiary/aromatic N) is 3. The Labute approximate surface area is 133 Å². The van der Waals surface area contributed by atoms with Crippen molar-refractivity contribution in [2.45, 2.75) is 19.9 Å². The largest absolute Gasteiger partial charge is 0.308 e. The molecule has 0 saturated carbocycles. The predicted octanol–water partition coefficient (Wildman–Crippen LogP) is 2.94. The highest BCUT2D eigenvalue weighted by Crippen LogP contribution is 2.18. The van der Waals surface area contributed by atoms with Crippen LogP contribution < -0.4 is 0 Å². The molecule has 0 amide bonds. The predicted molar refractivity (Wildman–Crippen MR) is 87.7 cm³/mol. The van der Waals surface area contributed by atoms with Crippen LogP contribution in [0.3, 0.4) is 0 Å². The van der Waals surface area contributed by atoms with Gasteiger partial charge >= 0.3 is 0 Å². The molecule has 112 valence electrons. The van der Waals surface area contributed by atoms with Gasteiger partial charge in [-0.2, -0.15) is 5.10 Å². The number of carbonyl (C=O) groups is 1. The molecule has 0 radical (unpaired) electrons. The van der Waals surface area contributed by atoms with Crippen molar-refractivity contribution in [3.05, 3.63) is 51.8 Å². The number of rotatable bonds is 6. The first-order chi connectivity index (χ1) is 9.97. The number of aryl methyl sites for hydroxylation is 1. The number of ketones is 1. The fraction of sp³-hybridized carbons (Fsp3) is 0.375. The second-order valence-electron chi connectivity index (χ2n) is 5.45. The van der Waals surface area contributed by atoms with E-state index >= 15 is 0 Å². The van der Waals surface area contributed by atoms with Crippen molar-refractivity contribution < 1.29 is 4.79 Å². The molecule has 0 spiro atoms. The molecule has 0 atom stereocenters. The molecule has 0 aliphatic carbocycles. The fourth-order valence-corrected chi connectivity index (χ4v) is 2.60. The van der Waals surface area contributed by atoms with E-state index in [-0.39, 0.29) is 5.78 Å². The Morgan fingerprint density at radius 2 is 1.95 bits per heavy atom. The van der Waals surface area contributed by atoms with Crippen LogP contribution in [0.1, 0.15) is 21.6 Å². The molecule has 5 heteroatoms. The summed E-state index contributed by atoms with van der Waals surface area (Å²) in [6.07, 6.45) is 2.09. The summed E-state index contributed by atoms with van der Waals surface area (Å²) in [6.45, 7) is 3.59. The van der Waals surface area contributed by atoms with Crippen molar-refractivity contribution in [1.29, 1.82) is 0 Å². The van der Waals surface area contributed by atoms with Gasteiger partial charge in [-0.1, -0.05) is 29.8 Å². The molecule has 1 aromatic carbocycles. The molecule has 0 fully saturated rings. The third-order valence-corrected chi connectivity index (χ3v) is 3.88. The summed E-state index contributed by atoms with van der Waals surface area (Å²) in [5.41, 5.74) is 2.87. The molecule has 0 N–H and O–H groups in total. The van der Waals surface area contributed by atoms with Gasteiger partial charge in [0.25, 0.3) is 0 Å². The molecular weight excluding hydrogens is 330 g/mol. The molecule has 21 heavy (non-hydrogen) atoms. The lowest BCUT2D eigenvalue weighted by molar-refractivity contribution is 0.0981. The third kappa shape index (κ3) is 4.25. The van der Waals surface area contributed by atoms with E-state index in [1.54, 1.807) is 10.9 Å². The number of likely N-dealkylation sites (N-methyl/N-ethyl adjacent to an activating group) is 1. The minimum atomic E-state index is 0.0852. The van der Waals surface area contributed by atoms with Crippen molar-refractivity contribution in [1.82, 2.24) is 14.7 Å². The van der Waals surface area contributed by atoms with Crippen LogP contribution in [0.5, 0.6) is 0 Å². The number of Topliss-reactive ketones (excluding diaryl/α,β-unsaturated/α-hetero) is 1. The molecule has 4 nitrogen and oxygen atoms in total. The Morgan fingerprint density at radius 3 is 2.57 bits per heavy atom. The molecule has 0 aliphatic heterocycles. The van der Waals surface area contributed by atoms with Crippen molar-refractivity contribution in [2.75, 3.05) is 20.6 Å². The summed E-state index contributed by atoms with van der Waals surface area (Å²) in [7, 11) is 4.01. The number of hydrogen-bond donors (Lipinski definition) is 0. The first-order valence-corrected chi connectivity index (χ1v) is 7.71. The quantitative estimate of drug-likeness (QED) is 0.752. The SMILES string of the molecule is Cc1ccc(CC(=O)c2c(Br)cnn2CCN(C)C)cc1. The Bertz CT molecular complexity index is 617. The van der Waals surface area contributed by atoms with Crippen LogP contribution in [0.25, 0.3) is 0 Å². The van der Waals surface area contributed by atoms with Gasteiger partial charge in [0.05, 0.1) is 17.2 Å². The van der Waals surface area contributed by atoms with E-state index in [2.05, 4.69) is 25.9 Å². The lowest BCUT2D eigenvalue weighted by Gasteiger charge is -2.12. The standard InChI is InChI=1S/C16H20BrN3O/c1-12-4-6-13(7-5-12)10-15(21)16-14(17)11-18-20(16)9-8-19(2)3/h4-7,11H,8-10H2,1-3H3. The number of carbonyl (C=O) groups excluding carboxylic acids is 1. The van der Waals surface area contributed by atoms with E-state index in [1.807, 2.05) is 45.3 Å². The number of hydrogen-bond acceptors (Lipinski definition) is 3. The van der Waals surface area contributed by atoms with E-state index in [1.165, 1.54) is 5.56 Å². The van der Waals surface area contributed by atoms with E-state index in [9.17, 15) is 4.79 Å². The minimum Gasteiger partial charge on any atom is -0.308 e. The van der Waals surface area contributed by atoms with E-state index in [0.717, 1.165) is 16.6 Å². The Hall–Kier alpha value is -1.46. The van der Waals surface area contributed by atoms with Crippen LogP contribution in [0.4, 0.5) is 0 Å². The molecular formula is C16H20BrN3O. The summed E-state index contributed by atoms with van der Waals surface area (Å²) in [4.78, 5) is 14.6. The van der Waals surface area contributed by atoms with Gasteiger partial charge in [0, 0.05) is 13.0 Å². The van der Waals surface area contributed by atoms with Crippen LogP contribution in [-0.2, 0) is 13.0 Å². The van der Waals surface area contributed by atoms with Crippen LogP contribution in [-0.4, -0.2) is 41.1 Å². The van der Waals surface area contributed by atoms with Crippen molar-refractivity contribution in [3.8, 4) is 0 Å². The molecule has 1 heterocycles. The zero-order chi connectivity index (χ0) is 15.4. The summed E-state index contributed by atoms with van der Waals surface area (Å²) in [6, 6.07) is 8.06. The fourth-order valence-electron chi connectivity index (χ4n) is 2.08. The Kier molecular flexibility index (Phi) is 5.31. The van der Waals surface area contributed by atoms with E-state index < -0.39 is 0 Å². The molecule has 0 unspecified atom stereocenters. The summed E-state index contributed by atoms with van der Waals surface area (Å²) < 4.78 is 2.54.